The predicted octanol–water partition coefficient (Wildman–Crippen LogP) is 4.65. The number of imidazole rings is 1. The van der Waals surface area contributed by atoms with E-state index in [0.717, 1.165) is 30.7 Å². The zero-order chi connectivity index (χ0) is 13.7. The van der Waals surface area contributed by atoms with Gasteiger partial charge in [0.2, 0.25) is 0 Å². The van der Waals surface area contributed by atoms with Crippen LogP contribution in [0.15, 0.2) is 48.1 Å². The molecule has 2 aromatic rings. The summed E-state index contributed by atoms with van der Waals surface area (Å²) in [7, 11) is 0. The van der Waals surface area contributed by atoms with E-state index in [0.29, 0.717) is 0 Å². The maximum Gasteiger partial charge on any atom is 0.107 e. The van der Waals surface area contributed by atoms with Crippen LogP contribution in [0.3, 0.4) is 0 Å². The number of para-hydroxylation sites is 2. The topological polar surface area (TPSA) is 17.8 Å². The average Bonchev–Trinajstić information content (AvgIpc) is 2.69. The molecule has 0 aliphatic heterocycles. The van der Waals surface area contributed by atoms with Gasteiger partial charge in [0.05, 0.1) is 11.0 Å². The fourth-order valence-corrected chi connectivity index (χ4v) is 2.19. The zero-order valence-electron chi connectivity index (χ0n) is 12.1. The molecule has 0 N–H and O–H groups in total. The van der Waals surface area contributed by atoms with Crippen molar-refractivity contribution in [2.45, 2.75) is 40.2 Å². The third-order valence-electron chi connectivity index (χ3n) is 3.19. The second-order valence-electron chi connectivity index (χ2n) is 5.09. The first kappa shape index (κ1) is 13.6. The van der Waals surface area contributed by atoms with Crippen molar-refractivity contribution >= 4 is 11.0 Å². The van der Waals surface area contributed by atoms with Crippen LogP contribution in [0.4, 0.5) is 0 Å². The third-order valence-corrected chi connectivity index (χ3v) is 3.19. The average molecular weight is 254 g/mol. The Bertz CT molecular complexity index is 599. The fraction of sp³-hybridized carbons (Fsp3) is 0.353. The van der Waals surface area contributed by atoms with Crippen molar-refractivity contribution in [1.29, 1.82) is 0 Å². The lowest BCUT2D eigenvalue weighted by Crippen LogP contribution is -1.97. The van der Waals surface area contributed by atoms with Crippen LogP contribution in [0.5, 0.6) is 0 Å². The number of benzene rings is 1. The van der Waals surface area contributed by atoms with E-state index < -0.39 is 0 Å². The molecule has 2 rings (SSSR count). The maximum absolute atomic E-state index is 4.57. The van der Waals surface area contributed by atoms with Gasteiger partial charge >= 0.3 is 0 Å². The molecule has 0 atom stereocenters. The molecular weight excluding hydrogens is 232 g/mol. The first-order valence-electron chi connectivity index (χ1n) is 6.88. The summed E-state index contributed by atoms with van der Waals surface area (Å²) in [5.74, 6) is 1.08. The van der Waals surface area contributed by atoms with Gasteiger partial charge in [-0.25, -0.2) is 4.98 Å². The van der Waals surface area contributed by atoms with E-state index in [2.05, 4.69) is 66.7 Å². The Morgan fingerprint density at radius 2 is 1.95 bits per heavy atom. The van der Waals surface area contributed by atoms with Crippen LogP contribution >= 0.6 is 0 Å². The summed E-state index contributed by atoms with van der Waals surface area (Å²) in [6, 6.07) is 8.30. The first-order valence-corrected chi connectivity index (χ1v) is 6.88. The minimum Gasteiger partial charge on any atom is -0.324 e. The second kappa shape index (κ2) is 6.37. The van der Waals surface area contributed by atoms with E-state index in [1.165, 1.54) is 11.1 Å². The van der Waals surface area contributed by atoms with Crippen molar-refractivity contribution in [3.05, 3.63) is 53.9 Å². The lowest BCUT2D eigenvalue weighted by molar-refractivity contribution is 0.802. The molecule has 0 radical (unpaired) electrons. The molecule has 0 amide bonds. The summed E-state index contributed by atoms with van der Waals surface area (Å²) in [6.07, 6.45) is 9.01. The molecule has 19 heavy (non-hydrogen) atoms. The van der Waals surface area contributed by atoms with Gasteiger partial charge in [0.1, 0.15) is 5.82 Å². The van der Waals surface area contributed by atoms with Crippen LogP contribution in [0, 0.1) is 6.92 Å². The molecule has 1 heterocycles. The SMILES string of the molecule is CC(C)=CCC/C=C/Cn1c(C)nc2ccccc21. The molecule has 2 nitrogen and oxygen atoms in total. The molecule has 0 spiro atoms. The second-order valence-corrected chi connectivity index (χ2v) is 5.09. The fourth-order valence-electron chi connectivity index (χ4n) is 2.19. The van der Waals surface area contributed by atoms with Gasteiger partial charge in [-0.2, -0.15) is 0 Å². The Kier molecular flexibility index (Phi) is 4.56. The van der Waals surface area contributed by atoms with Crippen LogP contribution < -0.4 is 0 Å². The molecule has 0 aliphatic rings. The summed E-state index contributed by atoms with van der Waals surface area (Å²) < 4.78 is 2.26. The van der Waals surface area contributed by atoms with Crippen LogP contribution in [0.2, 0.25) is 0 Å². The quantitative estimate of drug-likeness (QED) is 0.561. The minimum absolute atomic E-state index is 0.904. The van der Waals surface area contributed by atoms with E-state index in [4.69, 9.17) is 0 Å². The summed E-state index contributed by atoms with van der Waals surface area (Å²) >= 11 is 0. The van der Waals surface area contributed by atoms with Gasteiger partial charge in [0.25, 0.3) is 0 Å². The Morgan fingerprint density at radius 3 is 2.74 bits per heavy atom. The number of aromatic nitrogens is 2. The van der Waals surface area contributed by atoms with Crippen LogP contribution in [0.25, 0.3) is 11.0 Å². The van der Waals surface area contributed by atoms with Crippen molar-refractivity contribution in [3.63, 3.8) is 0 Å². The molecule has 100 valence electrons. The van der Waals surface area contributed by atoms with Crippen molar-refractivity contribution in [2.75, 3.05) is 0 Å². The molecule has 0 saturated carbocycles. The van der Waals surface area contributed by atoms with Crippen LogP contribution in [-0.4, -0.2) is 9.55 Å². The molecule has 1 aromatic carbocycles. The molecular formula is C17H22N2. The smallest absolute Gasteiger partial charge is 0.107 e. The highest BCUT2D eigenvalue weighted by Gasteiger charge is 2.03. The molecule has 0 unspecified atom stereocenters. The number of unbranched alkanes of at least 4 members (excludes halogenated alkanes) is 1. The maximum atomic E-state index is 4.57. The highest BCUT2D eigenvalue weighted by molar-refractivity contribution is 5.75. The van der Waals surface area contributed by atoms with Crippen LogP contribution in [-0.2, 0) is 6.54 Å². The number of aryl methyl sites for hydroxylation is 1. The molecule has 0 aliphatic carbocycles. The van der Waals surface area contributed by atoms with E-state index in [1.807, 2.05) is 6.07 Å². The largest absolute Gasteiger partial charge is 0.324 e. The third kappa shape index (κ3) is 3.57. The minimum atomic E-state index is 0.904. The van der Waals surface area contributed by atoms with E-state index >= 15 is 0 Å². The van der Waals surface area contributed by atoms with Crippen molar-refractivity contribution < 1.29 is 0 Å². The monoisotopic (exact) mass is 254 g/mol. The highest BCUT2D eigenvalue weighted by atomic mass is 15.1. The Labute approximate surface area is 115 Å². The number of hydrogen-bond donors (Lipinski definition) is 0. The van der Waals surface area contributed by atoms with Gasteiger partial charge in [0, 0.05) is 6.54 Å². The predicted molar refractivity (Wildman–Crippen MR) is 82.3 cm³/mol. The van der Waals surface area contributed by atoms with Gasteiger partial charge < -0.3 is 4.57 Å². The van der Waals surface area contributed by atoms with E-state index in [9.17, 15) is 0 Å². The normalized spacial score (nSPS) is 11.3. The number of rotatable bonds is 5. The van der Waals surface area contributed by atoms with Gasteiger partial charge in [-0.3, -0.25) is 0 Å². The number of allylic oxidation sites excluding steroid dienone is 4. The summed E-state index contributed by atoms with van der Waals surface area (Å²) in [5, 5.41) is 0. The number of fused-ring (bicyclic) bond motifs is 1. The number of nitrogens with zero attached hydrogens (tertiary/aromatic N) is 2. The highest BCUT2D eigenvalue weighted by Crippen LogP contribution is 2.15. The standard InChI is InChI=1S/C17H22N2/c1-14(2)10-6-4-5-9-13-19-15(3)18-16-11-7-8-12-17(16)19/h5,7-12H,4,6,13H2,1-3H3/b9-5+. The van der Waals surface area contributed by atoms with Crippen LogP contribution in [0.1, 0.15) is 32.5 Å². The van der Waals surface area contributed by atoms with Crippen molar-refractivity contribution in [1.82, 2.24) is 9.55 Å². The molecule has 1 aromatic heterocycles. The molecule has 2 heteroatoms. The van der Waals surface area contributed by atoms with Gasteiger partial charge in [-0.15, -0.1) is 0 Å². The summed E-state index contributed by atoms with van der Waals surface area (Å²) in [6.45, 7) is 7.26. The van der Waals surface area contributed by atoms with Gasteiger partial charge in [-0.1, -0.05) is 35.9 Å². The Hall–Kier alpha value is -1.83. The zero-order valence-corrected chi connectivity index (χ0v) is 12.1. The van der Waals surface area contributed by atoms with Gasteiger partial charge in [-0.05, 0) is 45.7 Å². The molecule has 0 fully saturated rings. The van der Waals surface area contributed by atoms with Crippen molar-refractivity contribution in [3.8, 4) is 0 Å². The van der Waals surface area contributed by atoms with Crippen molar-refractivity contribution in [2.24, 2.45) is 0 Å². The summed E-state index contributed by atoms with van der Waals surface area (Å²) in [4.78, 5) is 4.57. The lowest BCUT2D eigenvalue weighted by Gasteiger charge is -2.02. The Morgan fingerprint density at radius 1 is 1.16 bits per heavy atom. The van der Waals surface area contributed by atoms with E-state index in [-0.39, 0.29) is 0 Å². The lowest BCUT2D eigenvalue weighted by atomic mass is 10.2. The molecule has 0 bridgehead atoms. The Balaban J connectivity index is 2.00. The van der Waals surface area contributed by atoms with Gasteiger partial charge in [0.15, 0.2) is 0 Å². The molecule has 0 saturated heterocycles. The number of hydrogen-bond acceptors (Lipinski definition) is 1. The van der Waals surface area contributed by atoms with E-state index in [1.54, 1.807) is 0 Å². The summed E-state index contributed by atoms with van der Waals surface area (Å²) in [5.41, 5.74) is 3.69. The first-order chi connectivity index (χ1) is 9.18.